The first-order valence-electron chi connectivity index (χ1n) is 5.56. The van der Waals surface area contributed by atoms with Crippen molar-refractivity contribution < 1.29 is 19.4 Å². The number of rotatable bonds is 5. The number of carbonyl (C=O) groups excluding carboxylic acids is 1. The number of anilines is 1. The third-order valence-corrected chi connectivity index (χ3v) is 2.37. The zero-order valence-corrected chi connectivity index (χ0v) is 11.0. The van der Waals surface area contributed by atoms with Gasteiger partial charge >= 0.3 is 18.0 Å². The van der Waals surface area contributed by atoms with Crippen LogP contribution in [0.15, 0.2) is 12.3 Å². The first-order valence-corrected chi connectivity index (χ1v) is 5.56. The maximum atomic E-state index is 11.8. The average Bonchev–Trinajstić information content (AvgIpc) is 2.38. The van der Waals surface area contributed by atoms with Gasteiger partial charge in [-0.05, 0) is 6.07 Å². The van der Waals surface area contributed by atoms with Crippen LogP contribution < -0.4 is 10.1 Å². The van der Waals surface area contributed by atoms with Crippen LogP contribution in [0.1, 0.15) is 6.92 Å². The molecule has 0 aromatic carbocycles. The van der Waals surface area contributed by atoms with E-state index in [0.717, 1.165) is 0 Å². The van der Waals surface area contributed by atoms with Crippen molar-refractivity contribution in [1.29, 1.82) is 0 Å². The average molecular weight is 268 g/mol. The van der Waals surface area contributed by atoms with Crippen molar-refractivity contribution in [2.45, 2.75) is 6.92 Å². The Morgan fingerprint density at radius 2 is 2.26 bits per heavy atom. The van der Waals surface area contributed by atoms with Crippen molar-refractivity contribution in [1.82, 2.24) is 14.9 Å². The number of nitrogens with zero attached hydrogens (tertiary/aromatic N) is 3. The van der Waals surface area contributed by atoms with Crippen LogP contribution in [0.2, 0.25) is 0 Å². The zero-order valence-electron chi connectivity index (χ0n) is 11.0. The highest BCUT2D eigenvalue weighted by atomic mass is 16.5. The monoisotopic (exact) mass is 268 g/mol. The molecular weight excluding hydrogens is 252 g/mol. The number of ether oxygens (including phenoxy) is 1. The van der Waals surface area contributed by atoms with Gasteiger partial charge in [0.2, 0.25) is 0 Å². The molecule has 1 atom stereocenters. The van der Waals surface area contributed by atoms with Crippen molar-refractivity contribution in [3.8, 4) is 6.01 Å². The van der Waals surface area contributed by atoms with Gasteiger partial charge in [-0.1, -0.05) is 6.92 Å². The smallest absolute Gasteiger partial charge is 0.322 e. The lowest BCUT2D eigenvalue weighted by molar-refractivity contribution is -0.141. The van der Waals surface area contributed by atoms with Gasteiger partial charge in [-0.15, -0.1) is 0 Å². The van der Waals surface area contributed by atoms with Gasteiger partial charge in [0.15, 0.2) is 0 Å². The SMILES string of the molecule is COc1nccc(NC(=O)N(C)CC(C)C(=O)O)n1. The van der Waals surface area contributed by atoms with Gasteiger partial charge < -0.3 is 14.7 Å². The molecule has 1 aromatic rings. The van der Waals surface area contributed by atoms with Crippen LogP contribution in [0.4, 0.5) is 10.6 Å². The second-order valence-corrected chi connectivity index (χ2v) is 3.98. The molecule has 1 rings (SSSR count). The number of carboxylic acids is 1. The molecule has 0 spiro atoms. The van der Waals surface area contributed by atoms with Gasteiger partial charge in [0.25, 0.3) is 0 Å². The van der Waals surface area contributed by atoms with Gasteiger partial charge in [-0.2, -0.15) is 4.98 Å². The number of carbonyl (C=O) groups is 2. The number of amides is 2. The van der Waals surface area contributed by atoms with Gasteiger partial charge in [-0.3, -0.25) is 10.1 Å². The number of aromatic nitrogens is 2. The molecule has 1 unspecified atom stereocenters. The lowest BCUT2D eigenvalue weighted by Crippen LogP contribution is -2.36. The highest BCUT2D eigenvalue weighted by Crippen LogP contribution is 2.08. The Morgan fingerprint density at radius 1 is 1.58 bits per heavy atom. The summed E-state index contributed by atoms with van der Waals surface area (Å²) in [5, 5.41) is 11.3. The molecule has 2 N–H and O–H groups in total. The number of carboxylic acid groups (broad SMARTS) is 1. The molecule has 0 aliphatic rings. The van der Waals surface area contributed by atoms with E-state index in [0.29, 0.717) is 0 Å². The minimum Gasteiger partial charge on any atom is -0.481 e. The van der Waals surface area contributed by atoms with Crippen LogP contribution in [-0.2, 0) is 4.79 Å². The number of hydrogen-bond acceptors (Lipinski definition) is 5. The third kappa shape index (κ3) is 4.41. The van der Waals surface area contributed by atoms with Crippen LogP contribution in [-0.4, -0.2) is 52.7 Å². The number of urea groups is 1. The van der Waals surface area contributed by atoms with E-state index in [1.54, 1.807) is 0 Å². The second-order valence-electron chi connectivity index (χ2n) is 3.98. The molecule has 0 saturated carbocycles. The fraction of sp³-hybridized carbons (Fsp3) is 0.455. The molecule has 2 amide bonds. The van der Waals surface area contributed by atoms with Gasteiger partial charge in [0, 0.05) is 19.8 Å². The molecule has 0 aliphatic heterocycles. The summed E-state index contributed by atoms with van der Waals surface area (Å²) in [5.74, 6) is -1.31. The maximum Gasteiger partial charge on any atom is 0.322 e. The standard InChI is InChI=1S/C11H16N4O4/c1-7(9(16)17)6-15(2)11(18)14-8-4-5-12-10(13-8)19-3/h4-5,7H,6H2,1-3H3,(H,16,17)(H,12,13,14,18). The van der Waals surface area contributed by atoms with E-state index in [1.807, 2.05) is 0 Å². The highest BCUT2D eigenvalue weighted by Gasteiger charge is 2.17. The third-order valence-electron chi connectivity index (χ3n) is 2.37. The quantitative estimate of drug-likeness (QED) is 0.813. The van der Waals surface area contributed by atoms with Crippen molar-refractivity contribution in [3.05, 3.63) is 12.3 Å². The summed E-state index contributed by atoms with van der Waals surface area (Å²) in [5.41, 5.74) is 0. The van der Waals surface area contributed by atoms with Crippen molar-refractivity contribution in [2.24, 2.45) is 5.92 Å². The Bertz CT molecular complexity index is 466. The van der Waals surface area contributed by atoms with Crippen LogP contribution in [0.3, 0.4) is 0 Å². The minimum atomic E-state index is -0.955. The van der Waals surface area contributed by atoms with E-state index in [9.17, 15) is 9.59 Å². The molecule has 8 heteroatoms. The van der Waals surface area contributed by atoms with E-state index in [2.05, 4.69) is 15.3 Å². The molecule has 1 aromatic heterocycles. The molecular formula is C11H16N4O4. The molecule has 0 saturated heterocycles. The Labute approximate surface area is 110 Å². The number of aliphatic carboxylic acids is 1. The van der Waals surface area contributed by atoms with Crippen molar-refractivity contribution in [2.75, 3.05) is 26.0 Å². The summed E-state index contributed by atoms with van der Waals surface area (Å²) in [4.78, 5) is 31.5. The van der Waals surface area contributed by atoms with Gasteiger partial charge in [-0.25, -0.2) is 9.78 Å². The summed E-state index contributed by atoms with van der Waals surface area (Å²) in [6.45, 7) is 1.63. The first-order chi connectivity index (χ1) is 8.93. The summed E-state index contributed by atoms with van der Waals surface area (Å²) in [7, 11) is 2.93. The number of methoxy groups -OCH3 is 1. The summed E-state index contributed by atoms with van der Waals surface area (Å²) in [6, 6.07) is 1.20. The molecule has 1 heterocycles. The topological polar surface area (TPSA) is 105 Å². The molecule has 8 nitrogen and oxygen atoms in total. The van der Waals surface area contributed by atoms with Crippen LogP contribution >= 0.6 is 0 Å². The summed E-state index contributed by atoms with van der Waals surface area (Å²) in [6.07, 6.45) is 1.45. The molecule has 104 valence electrons. The van der Waals surface area contributed by atoms with E-state index in [-0.39, 0.29) is 18.4 Å². The molecule has 19 heavy (non-hydrogen) atoms. The summed E-state index contributed by atoms with van der Waals surface area (Å²) < 4.78 is 4.83. The van der Waals surface area contributed by atoms with Gasteiger partial charge in [0.05, 0.1) is 13.0 Å². The predicted octanol–water partition coefficient (Wildman–Crippen LogP) is 0.670. The molecule has 0 fully saturated rings. The van der Waals surface area contributed by atoms with Crippen molar-refractivity contribution >= 4 is 17.8 Å². The Kier molecular flexibility index (Phi) is 5.04. The normalized spacial score (nSPS) is 11.5. The van der Waals surface area contributed by atoms with Crippen LogP contribution in [0.5, 0.6) is 6.01 Å². The van der Waals surface area contributed by atoms with E-state index in [1.165, 1.54) is 38.2 Å². The lowest BCUT2D eigenvalue weighted by Gasteiger charge is -2.19. The zero-order chi connectivity index (χ0) is 14.4. The Morgan fingerprint density at radius 3 is 2.84 bits per heavy atom. The van der Waals surface area contributed by atoms with E-state index >= 15 is 0 Å². The van der Waals surface area contributed by atoms with E-state index < -0.39 is 17.9 Å². The Hall–Kier alpha value is -2.38. The van der Waals surface area contributed by atoms with Crippen molar-refractivity contribution in [3.63, 3.8) is 0 Å². The largest absolute Gasteiger partial charge is 0.481 e. The molecule has 0 aliphatic carbocycles. The van der Waals surface area contributed by atoms with Gasteiger partial charge in [0.1, 0.15) is 5.82 Å². The molecule has 0 bridgehead atoms. The lowest BCUT2D eigenvalue weighted by atomic mass is 10.2. The fourth-order valence-corrected chi connectivity index (χ4v) is 1.29. The Balaban J connectivity index is 2.60. The summed E-state index contributed by atoms with van der Waals surface area (Å²) >= 11 is 0. The minimum absolute atomic E-state index is 0.101. The predicted molar refractivity (Wildman–Crippen MR) is 67.0 cm³/mol. The fourth-order valence-electron chi connectivity index (χ4n) is 1.29. The molecule has 0 radical (unpaired) electrons. The highest BCUT2D eigenvalue weighted by molar-refractivity contribution is 5.88. The number of nitrogens with one attached hydrogen (secondary N) is 1. The van der Waals surface area contributed by atoms with Crippen LogP contribution in [0.25, 0.3) is 0 Å². The maximum absolute atomic E-state index is 11.8. The number of hydrogen-bond donors (Lipinski definition) is 2. The second kappa shape index (κ2) is 6.53. The van der Waals surface area contributed by atoms with Crippen LogP contribution in [0, 0.1) is 5.92 Å². The first kappa shape index (κ1) is 14.7. The van der Waals surface area contributed by atoms with E-state index in [4.69, 9.17) is 9.84 Å².